The fourth-order valence-electron chi connectivity index (χ4n) is 3.28. The third-order valence-corrected chi connectivity index (χ3v) is 6.68. The van der Waals surface area contributed by atoms with Crippen molar-refractivity contribution in [1.82, 2.24) is 0 Å². The summed E-state index contributed by atoms with van der Waals surface area (Å²) in [5.74, 6) is 1.13. The van der Waals surface area contributed by atoms with Crippen LogP contribution in [0.15, 0.2) is 0 Å². The molecular formula is C9H13I. The molecule has 56 valence electrons. The van der Waals surface area contributed by atoms with E-state index < -0.39 is 0 Å². The van der Waals surface area contributed by atoms with Gasteiger partial charge in [0.15, 0.2) is 0 Å². The molecule has 2 unspecified atom stereocenters. The van der Waals surface area contributed by atoms with E-state index in [2.05, 4.69) is 22.6 Å². The Bertz CT molecular complexity index is 183. The topological polar surface area (TPSA) is 0 Å². The SMILES string of the molecule is IC12CCCC1CC21CC1. The highest BCUT2D eigenvalue weighted by Crippen LogP contribution is 2.77. The Kier molecular flexibility index (Phi) is 0.984. The van der Waals surface area contributed by atoms with Crippen molar-refractivity contribution in [2.24, 2.45) is 11.3 Å². The highest BCUT2D eigenvalue weighted by molar-refractivity contribution is 14.1. The second-order valence-corrected chi connectivity index (χ2v) is 6.36. The van der Waals surface area contributed by atoms with E-state index in [1.165, 1.54) is 12.8 Å². The lowest BCUT2D eigenvalue weighted by Gasteiger charge is -2.50. The van der Waals surface area contributed by atoms with Gasteiger partial charge in [0, 0.05) is 3.42 Å². The normalized spacial score (nSPS) is 54.3. The van der Waals surface area contributed by atoms with Gasteiger partial charge in [-0.3, -0.25) is 0 Å². The molecule has 3 saturated carbocycles. The molecule has 1 heteroatoms. The molecule has 3 fully saturated rings. The maximum atomic E-state index is 2.78. The van der Waals surface area contributed by atoms with Crippen molar-refractivity contribution < 1.29 is 0 Å². The maximum Gasteiger partial charge on any atom is 0.0307 e. The van der Waals surface area contributed by atoms with Crippen molar-refractivity contribution in [1.29, 1.82) is 0 Å². The van der Waals surface area contributed by atoms with Gasteiger partial charge in [-0.1, -0.05) is 29.0 Å². The van der Waals surface area contributed by atoms with Crippen LogP contribution in [0.4, 0.5) is 0 Å². The second kappa shape index (κ2) is 1.57. The molecule has 0 aromatic carbocycles. The molecule has 0 radical (unpaired) electrons. The lowest BCUT2D eigenvalue weighted by molar-refractivity contribution is 0.131. The van der Waals surface area contributed by atoms with Crippen LogP contribution in [0.3, 0.4) is 0 Å². The summed E-state index contributed by atoms with van der Waals surface area (Å²) in [5, 5.41) is 0. The van der Waals surface area contributed by atoms with Gasteiger partial charge in [0.1, 0.15) is 0 Å². The van der Waals surface area contributed by atoms with E-state index in [1.807, 2.05) is 0 Å². The van der Waals surface area contributed by atoms with Crippen molar-refractivity contribution >= 4 is 22.6 Å². The molecule has 1 spiro atoms. The molecule has 0 N–H and O–H groups in total. The third-order valence-electron chi connectivity index (χ3n) is 4.11. The van der Waals surface area contributed by atoms with E-state index >= 15 is 0 Å². The lowest BCUT2D eigenvalue weighted by atomic mass is 9.63. The van der Waals surface area contributed by atoms with Gasteiger partial charge in [-0.05, 0) is 43.4 Å². The van der Waals surface area contributed by atoms with Crippen molar-refractivity contribution in [2.75, 3.05) is 0 Å². The van der Waals surface area contributed by atoms with Gasteiger partial charge in [0.05, 0.1) is 0 Å². The zero-order chi connectivity index (χ0) is 6.82. The zero-order valence-electron chi connectivity index (χ0n) is 6.20. The van der Waals surface area contributed by atoms with E-state index in [0.29, 0.717) is 0 Å². The Morgan fingerprint density at radius 1 is 1.20 bits per heavy atom. The number of fused-ring (bicyclic) bond motifs is 2. The minimum Gasteiger partial charge on any atom is -0.0780 e. The minimum atomic E-state index is 0.810. The first-order valence-corrected chi connectivity index (χ1v) is 5.54. The van der Waals surface area contributed by atoms with Crippen LogP contribution in [0.25, 0.3) is 0 Å². The predicted molar refractivity (Wildman–Crippen MR) is 50.4 cm³/mol. The van der Waals surface area contributed by atoms with Gasteiger partial charge in [-0.25, -0.2) is 0 Å². The average molecular weight is 248 g/mol. The summed E-state index contributed by atoms with van der Waals surface area (Å²) in [6.45, 7) is 0. The summed E-state index contributed by atoms with van der Waals surface area (Å²) in [6.07, 6.45) is 9.33. The van der Waals surface area contributed by atoms with Crippen molar-refractivity contribution in [3.63, 3.8) is 0 Å². The first-order valence-electron chi connectivity index (χ1n) is 4.46. The van der Waals surface area contributed by atoms with Crippen molar-refractivity contribution in [3.8, 4) is 0 Å². The number of alkyl halides is 1. The Morgan fingerprint density at radius 2 is 2.00 bits per heavy atom. The molecule has 0 aliphatic heterocycles. The molecule has 3 rings (SSSR count). The van der Waals surface area contributed by atoms with Gasteiger partial charge in [-0.2, -0.15) is 0 Å². The minimum absolute atomic E-state index is 0.810. The van der Waals surface area contributed by atoms with Crippen LogP contribution >= 0.6 is 22.6 Å². The number of rotatable bonds is 0. The Hall–Kier alpha value is 0.730. The third kappa shape index (κ3) is 0.487. The van der Waals surface area contributed by atoms with E-state index in [0.717, 1.165) is 14.8 Å². The first-order chi connectivity index (χ1) is 4.77. The van der Waals surface area contributed by atoms with Gasteiger partial charge >= 0.3 is 0 Å². The summed E-state index contributed by atoms with van der Waals surface area (Å²) >= 11 is 2.78. The summed E-state index contributed by atoms with van der Waals surface area (Å²) < 4.78 is 0.810. The molecule has 3 aliphatic rings. The predicted octanol–water partition coefficient (Wildman–Crippen LogP) is 3.14. The van der Waals surface area contributed by atoms with Crippen LogP contribution in [0, 0.1) is 11.3 Å². The second-order valence-electron chi connectivity index (χ2n) is 4.44. The van der Waals surface area contributed by atoms with Crippen LogP contribution < -0.4 is 0 Å². The standard InChI is InChI=1S/C9H13I/c10-9-3-1-2-7(9)6-8(9)4-5-8/h7H,1-6H2. The van der Waals surface area contributed by atoms with Crippen LogP contribution in [0.5, 0.6) is 0 Å². The highest BCUT2D eigenvalue weighted by Gasteiger charge is 2.70. The first kappa shape index (κ1) is 6.27. The molecule has 0 aromatic rings. The van der Waals surface area contributed by atoms with Gasteiger partial charge < -0.3 is 0 Å². The fraction of sp³-hybridized carbons (Fsp3) is 1.00. The molecule has 0 amide bonds. The summed E-state index contributed by atoms with van der Waals surface area (Å²) in [6, 6.07) is 0. The van der Waals surface area contributed by atoms with Crippen molar-refractivity contribution in [3.05, 3.63) is 0 Å². The summed E-state index contributed by atoms with van der Waals surface area (Å²) in [5.41, 5.74) is 0.898. The van der Waals surface area contributed by atoms with Crippen LogP contribution in [-0.4, -0.2) is 3.42 Å². The van der Waals surface area contributed by atoms with Gasteiger partial charge in [-0.15, -0.1) is 0 Å². The summed E-state index contributed by atoms with van der Waals surface area (Å²) in [7, 11) is 0. The molecule has 10 heavy (non-hydrogen) atoms. The molecular weight excluding hydrogens is 235 g/mol. The Balaban J connectivity index is 1.96. The quantitative estimate of drug-likeness (QED) is 0.456. The van der Waals surface area contributed by atoms with E-state index in [9.17, 15) is 0 Å². The summed E-state index contributed by atoms with van der Waals surface area (Å²) in [4.78, 5) is 0. The monoisotopic (exact) mass is 248 g/mol. The molecule has 2 atom stereocenters. The van der Waals surface area contributed by atoms with Crippen molar-refractivity contribution in [2.45, 2.75) is 41.9 Å². The largest absolute Gasteiger partial charge is 0.0780 e. The molecule has 0 heterocycles. The van der Waals surface area contributed by atoms with E-state index in [4.69, 9.17) is 0 Å². The smallest absolute Gasteiger partial charge is 0.0307 e. The Labute approximate surface area is 75.9 Å². The van der Waals surface area contributed by atoms with Gasteiger partial charge in [0.25, 0.3) is 0 Å². The number of hydrogen-bond acceptors (Lipinski definition) is 0. The van der Waals surface area contributed by atoms with E-state index in [1.54, 1.807) is 25.7 Å². The molecule has 3 aliphatic carbocycles. The highest BCUT2D eigenvalue weighted by atomic mass is 127. The molecule has 0 aromatic heterocycles. The van der Waals surface area contributed by atoms with Crippen LogP contribution in [0.1, 0.15) is 38.5 Å². The van der Waals surface area contributed by atoms with Crippen LogP contribution in [-0.2, 0) is 0 Å². The Morgan fingerprint density at radius 3 is 2.60 bits per heavy atom. The number of hydrogen-bond donors (Lipinski definition) is 0. The zero-order valence-corrected chi connectivity index (χ0v) is 8.36. The average Bonchev–Trinajstić information content (AvgIpc) is 2.64. The maximum absolute atomic E-state index is 2.78. The number of halogens is 1. The molecule has 0 bridgehead atoms. The molecule has 0 saturated heterocycles. The van der Waals surface area contributed by atoms with Gasteiger partial charge in [0.2, 0.25) is 0 Å². The molecule has 0 nitrogen and oxygen atoms in total. The fourth-order valence-corrected chi connectivity index (χ4v) is 4.95. The van der Waals surface area contributed by atoms with Crippen LogP contribution in [0.2, 0.25) is 0 Å². The lowest BCUT2D eigenvalue weighted by Crippen LogP contribution is -2.48. The van der Waals surface area contributed by atoms with E-state index in [-0.39, 0.29) is 0 Å².